The first-order valence-corrected chi connectivity index (χ1v) is 10.3. The van der Waals surface area contributed by atoms with Crippen molar-refractivity contribution < 1.29 is 22.7 Å². The van der Waals surface area contributed by atoms with Gasteiger partial charge in [0.15, 0.2) is 6.04 Å². The van der Waals surface area contributed by atoms with Crippen LogP contribution in [-0.4, -0.2) is 66.2 Å². The van der Waals surface area contributed by atoms with Crippen LogP contribution in [0.5, 0.6) is 0 Å². The predicted molar refractivity (Wildman–Crippen MR) is 102 cm³/mol. The van der Waals surface area contributed by atoms with E-state index < -0.39 is 24.2 Å². The zero-order chi connectivity index (χ0) is 20.4. The van der Waals surface area contributed by atoms with Gasteiger partial charge >= 0.3 is 6.18 Å². The molecule has 4 heterocycles. The Labute approximate surface area is 169 Å². The second kappa shape index (κ2) is 8.33. The zero-order valence-corrected chi connectivity index (χ0v) is 16.4. The van der Waals surface area contributed by atoms with Gasteiger partial charge in [0, 0.05) is 37.5 Å². The van der Waals surface area contributed by atoms with Gasteiger partial charge in [0.2, 0.25) is 0 Å². The van der Waals surface area contributed by atoms with E-state index in [-0.39, 0.29) is 17.8 Å². The highest BCUT2D eigenvalue weighted by Crippen LogP contribution is 2.44. The third kappa shape index (κ3) is 4.41. The summed E-state index contributed by atoms with van der Waals surface area (Å²) in [5, 5.41) is 11.6. The number of amides is 1. The number of nitrogens with one attached hydrogen (secondary N) is 2. The van der Waals surface area contributed by atoms with Crippen molar-refractivity contribution in [3.8, 4) is 0 Å². The van der Waals surface area contributed by atoms with Gasteiger partial charge in [-0.05, 0) is 11.4 Å². The van der Waals surface area contributed by atoms with Gasteiger partial charge in [-0.3, -0.25) is 9.69 Å². The number of hydrogen-bond acceptors (Lipinski definition) is 6. The topological polar surface area (TPSA) is 71.4 Å². The summed E-state index contributed by atoms with van der Waals surface area (Å²) in [4.78, 5) is 15.6. The lowest BCUT2D eigenvalue weighted by molar-refractivity contribution is -0.173. The average molecular weight is 429 g/mol. The fourth-order valence-corrected chi connectivity index (χ4v) is 4.44. The fourth-order valence-electron chi connectivity index (χ4n) is 3.65. The number of nitrogens with zero attached hydrogens (tertiary/aromatic N) is 3. The second-order valence-corrected chi connectivity index (χ2v) is 8.05. The van der Waals surface area contributed by atoms with Gasteiger partial charge in [-0.2, -0.15) is 18.3 Å². The summed E-state index contributed by atoms with van der Waals surface area (Å²) in [6, 6.07) is 1.30. The van der Waals surface area contributed by atoms with Crippen LogP contribution in [0, 0.1) is 0 Å². The number of halogens is 3. The molecule has 2 atom stereocenters. The van der Waals surface area contributed by atoms with Crippen molar-refractivity contribution in [1.29, 1.82) is 0 Å². The molecule has 1 saturated heterocycles. The standard InChI is InChI=1S/C18H22F3N5O2S/c19-18(20,21)15-10-13(14-2-1-9-29-14)24-16-12(11-23-26(15)16)17(27)22-3-4-25-5-7-28-8-6-25/h1-2,9,11,13,15,24H,3-8,10H2,(H,22,27)/t13-,15-/m1/s1. The summed E-state index contributed by atoms with van der Waals surface area (Å²) >= 11 is 1.39. The highest BCUT2D eigenvalue weighted by atomic mass is 32.1. The largest absolute Gasteiger partial charge is 0.410 e. The number of carbonyl (C=O) groups excluding carboxylic acids is 1. The van der Waals surface area contributed by atoms with E-state index in [1.165, 1.54) is 17.5 Å². The number of carbonyl (C=O) groups is 1. The van der Waals surface area contributed by atoms with Gasteiger partial charge in [-0.1, -0.05) is 6.07 Å². The van der Waals surface area contributed by atoms with Crippen molar-refractivity contribution >= 4 is 23.1 Å². The number of aromatic nitrogens is 2. The number of fused-ring (bicyclic) bond motifs is 1. The molecule has 0 unspecified atom stereocenters. The normalized spacial score (nSPS) is 22.7. The fraction of sp³-hybridized carbons (Fsp3) is 0.556. The van der Waals surface area contributed by atoms with Gasteiger partial charge in [0.25, 0.3) is 5.91 Å². The molecule has 0 spiro atoms. The van der Waals surface area contributed by atoms with E-state index >= 15 is 0 Å². The summed E-state index contributed by atoms with van der Waals surface area (Å²) in [5.74, 6) is -0.319. The Morgan fingerprint density at radius 2 is 2.17 bits per heavy atom. The molecule has 0 aliphatic carbocycles. The molecule has 4 rings (SSSR count). The number of rotatable bonds is 5. The zero-order valence-electron chi connectivity index (χ0n) is 15.6. The molecule has 0 bridgehead atoms. The molecule has 158 valence electrons. The van der Waals surface area contributed by atoms with Crippen molar-refractivity contribution in [2.45, 2.75) is 24.7 Å². The summed E-state index contributed by atoms with van der Waals surface area (Å²) in [7, 11) is 0. The van der Waals surface area contributed by atoms with Crippen molar-refractivity contribution in [3.63, 3.8) is 0 Å². The van der Waals surface area contributed by atoms with Crippen molar-refractivity contribution in [2.75, 3.05) is 44.7 Å². The Balaban J connectivity index is 1.49. The number of alkyl halides is 3. The van der Waals surface area contributed by atoms with Crippen molar-refractivity contribution in [2.24, 2.45) is 0 Å². The summed E-state index contributed by atoms with van der Waals surface area (Å²) < 4.78 is 47.1. The molecule has 2 aliphatic rings. The number of hydrogen-bond donors (Lipinski definition) is 2. The van der Waals surface area contributed by atoms with E-state index in [0.717, 1.165) is 22.6 Å². The average Bonchev–Trinajstić information content (AvgIpc) is 3.37. The first-order chi connectivity index (χ1) is 13.9. The van der Waals surface area contributed by atoms with E-state index in [9.17, 15) is 18.0 Å². The molecule has 1 amide bonds. The number of morpholine rings is 1. The molecule has 7 nitrogen and oxygen atoms in total. The Kier molecular flexibility index (Phi) is 5.79. The molecule has 2 aromatic rings. The molecule has 0 saturated carbocycles. The Hall–Kier alpha value is -2.11. The molecule has 2 N–H and O–H groups in total. The first-order valence-electron chi connectivity index (χ1n) is 9.46. The van der Waals surface area contributed by atoms with Gasteiger partial charge < -0.3 is 15.4 Å². The summed E-state index contributed by atoms with van der Waals surface area (Å²) in [6.45, 7) is 4.00. The quantitative estimate of drug-likeness (QED) is 0.765. The first kappa shape index (κ1) is 20.2. The lowest BCUT2D eigenvalue weighted by Crippen LogP contribution is -2.41. The SMILES string of the molecule is O=C(NCCN1CCOCC1)c1cnn2c1N[C@@H](c1cccs1)C[C@@H]2C(F)(F)F. The number of ether oxygens (including phenoxy) is 1. The maximum absolute atomic E-state index is 13.7. The highest BCUT2D eigenvalue weighted by molar-refractivity contribution is 7.10. The number of thiophene rings is 1. The van der Waals surface area contributed by atoms with Crippen LogP contribution in [0.4, 0.5) is 19.0 Å². The van der Waals surface area contributed by atoms with E-state index in [4.69, 9.17) is 4.74 Å². The van der Waals surface area contributed by atoms with Crippen LogP contribution in [0.1, 0.15) is 33.7 Å². The van der Waals surface area contributed by atoms with Crippen molar-refractivity contribution in [3.05, 3.63) is 34.2 Å². The molecule has 2 aromatic heterocycles. The van der Waals surface area contributed by atoms with Crippen LogP contribution in [0.25, 0.3) is 0 Å². The molecule has 11 heteroatoms. The lowest BCUT2D eigenvalue weighted by Gasteiger charge is -2.33. The Bertz CT molecular complexity index is 833. The molecule has 0 aromatic carbocycles. The number of anilines is 1. The highest BCUT2D eigenvalue weighted by Gasteiger charge is 2.47. The van der Waals surface area contributed by atoms with Crippen LogP contribution in [0.3, 0.4) is 0 Å². The third-order valence-electron chi connectivity index (χ3n) is 5.19. The molecule has 1 fully saturated rings. The van der Waals surface area contributed by atoms with E-state index in [1.54, 1.807) is 12.1 Å². The molecule has 0 radical (unpaired) electrons. The monoisotopic (exact) mass is 429 g/mol. The van der Waals surface area contributed by atoms with Gasteiger partial charge in [0.05, 0.1) is 25.5 Å². The van der Waals surface area contributed by atoms with E-state index in [1.807, 2.05) is 5.38 Å². The van der Waals surface area contributed by atoms with Gasteiger partial charge in [0.1, 0.15) is 11.4 Å². The van der Waals surface area contributed by atoms with Gasteiger partial charge in [-0.15, -0.1) is 11.3 Å². The van der Waals surface area contributed by atoms with Gasteiger partial charge in [-0.25, -0.2) is 4.68 Å². The van der Waals surface area contributed by atoms with Crippen molar-refractivity contribution in [1.82, 2.24) is 20.0 Å². The van der Waals surface area contributed by atoms with E-state index in [2.05, 4.69) is 20.6 Å². The lowest BCUT2D eigenvalue weighted by atomic mass is 10.0. The predicted octanol–water partition coefficient (Wildman–Crippen LogP) is 2.67. The third-order valence-corrected chi connectivity index (χ3v) is 6.17. The van der Waals surface area contributed by atoms with Crippen LogP contribution in [-0.2, 0) is 4.74 Å². The summed E-state index contributed by atoms with van der Waals surface area (Å²) in [6.07, 6.45) is -3.42. The Morgan fingerprint density at radius 3 is 2.86 bits per heavy atom. The molecular weight excluding hydrogens is 407 g/mol. The molecular formula is C18H22F3N5O2S. The molecule has 2 aliphatic heterocycles. The Morgan fingerprint density at radius 1 is 1.38 bits per heavy atom. The second-order valence-electron chi connectivity index (χ2n) is 7.07. The van der Waals surface area contributed by atoms with Crippen LogP contribution < -0.4 is 10.6 Å². The molecule has 29 heavy (non-hydrogen) atoms. The minimum atomic E-state index is -4.46. The van der Waals surface area contributed by atoms with Crippen LogP contribution >= 0.6 is 11.3 Å². The van der Waals surface area contributed by atoms with Crippen LogP contribution in [0.15, 0.2) is 23.7 Å². The minimum Gasteiger partial charge on any atom is -0.379 e. The smallest absolute Gasteiger partial charge is 0.379 e. The maximum Gasteiger partial charge on any atom is 0.410 e. The summed E-state index contributed by atoms with van der Waals surface area (Å²) in [5.41, 5.74) is 0.127. The van der Waals surface area contributed by atoms with E-state index in [0.29, 0.717) is 26.3 Å². The maximum atomic E-state index is 13.7. The minimum absolute atomic E-state index is 0.112. The van der Waals surface area contributed by atoms with Crippen LogP contribution in [0.2, 0.25) is 0 Å².